The number of pyridine rings is 3. The van der Waals surface area contributed by atoms with Gasteiger partial charge in [0.1, 0.15) is 0 Å². The van der Waals surface area contributed by atoms with Crippen LogP contribution in [0.4, 0.5) is 0 Å². The van der Waals surface area contributed by atoms with E-state index in [1.165, 1.54) is 0 Å². The molecular formula is C25H17N3O. The molecule has 0 saturated heterocycles. The fourth-order valence-corrected chi connectivity index (χ4v) is 3.55. The third-order valence-electron chi connectivity index (χ3n) is 4.94. The van der Waals surface area contributed by atoms with Gasteiger partial charge in [-0.3, -0.25) is 19.3 Å². The Morgan fingerprint density at radius 1 is 0.690 bits per heavy atom. The molecular weight excluding hydrogens is 358 g/mol. The number of benzene rings is 2. The molecule has 2 aromatic carbocycles. The van der Waals surface area contributed by atoms with E-state index in [0.29, 0.717) is 5.56 Å². The molecule has 0 radical (unpaired) electrons. The van der Waals surface area contributed by atoms with Gasteiger partial charge >= 0.3 is 0 Å². The molecule has 0 amide bonds. The topological polar surface area (TPSA) is 47.8 Å². The quantitative estimate of drug-likeness (QED) is 0.440. The normalized spacial score (nSPS) is 10.9. The van der Waals surface area contributed by atoms with Crippen molar-refractivity contribution in [1.82, 2.24) is 14.5 Å². The minimum Gasteiger partial charge on any atom is -0.283 e. The molecule has 4 nitrogen and oxygen atoms in total. The Kier molecular flexibility index (Phi) is 4.22. The summed E-state index contributed by atoms with van der Waals surface area (Å²) in [5.41, 5.74) is 4.63. The first-order valence-electron chi connectivity index (χ1n) is 9.39. The molecule has 0 unspecified atom stereocenters. The second-order valence-electron chi connectivity index (χ2n) is 6.75. The number of hydrogen-bond acceptors (Lipinski definition) is 3. The van der Waals surface area contributed by atoms with Gasteiger partial charge < -0.3 is 0 Å². The number of aromatic nitrogens is 3. The molecule has 29 heavy (non-hydrogen) atoms. The molecule has 0 aliphatic rings. The van der Waals surface area contributed by atoms with Crippen molar-refractivity contribution in [3.05, 3.63) is 114 Å². The molecule has 4 heteroatoms. The molecule has 0 bridgehead atoms. The zero-order valence-electron chi connectivity index (χ0n) is 15.6. The molecule has 0 atom stereocenters. The number of fused-ring (bicyclic) bond motifs is 1. The predicted molar refractivity (Wildman–Crippen MR) is 116 cm³/mol. The minimum atomic E-state index is -0.0889. The summed E-state index contributed by atoms with van der Waals surface area (Å²) in [6.45, 7) is 0. The van der Waals surface area contributed by atoms with Crippen molar-refractivity contribution < 1.29 is 0 Å². The maximum Gasteiger partial charge on any atom is 0.263 e. The van der Waals surface area contributed by atoms with E-state index in [1.807, 2.05) is 91.1 Å². The summed E-state index contributed by atoms with van der Waals surface area (Å²) in [5.74, 6) is 0. The number of rotatable bonds is 3. The highest BCUT2D eigenvalue weighted by Crippen LogP contribution is 2.28. The Morgan fingerprint density at radius 3 is 2.31 bits per heavy atom. The van der Waals surface area contributed by atoms with Crippen LogP contribution in [0.1, 0.15) is 0 Å². The number of nitrogens with zero attached hydrogens (tertiary/aromatic N) is 3. The Hall–Kier alpha value is -4.05. The standard InChI is InChI=1S/C25H17N3O/c29-25-22(21-12-6-8-18-9-7-15-27-24(18)21)16-19(23-13-4-5-14-26-23)17-28(25)20-10-2-1-3-11-20/h1-17H. The molecule has 0 aliphatic heterocycles. The lowest BCUT2D eigenvalue weighted by Crippen LogP contribution is -2.20. The Labute approximate surface area is 167 Å². The highest BCUT2D eigenvalue weighted by Gasteiger charge is 2.14. The lowest BCUT2D eigenvalue weighted by molar-refractivity contribution is 0.994. The van der Waals surface area contributed by atoms with Crippen molar-refractivity contribution in [3.63, 3.8) is 0 Å². The maximum absolute atomic E-state index is 13.5. The summed E-state index contributed by atoms with van der Waals surface area (Å²) in [6, 6.07) is 27.1. The third-order valence-corrected chi connectivity index (χ3v) is 4.94. The van der Waals surface area contributed by atoms with E-state index in [0.717, 1.165) is 33.4 Å². The molecule has 0 fully saturated rings. The molecule has 0 N–H and O–H groups in total. The van der Waals surface area contributed by atoms with E-state index in [2.05, 4.69) is 9.97 Å². The minimum absolute atomic E-state index is 0.0889. The van der Waals surface area contributed by atoms with Gasteiger partial charge in [-0.05, 0) is 36.4 Å². The fraction of sp³-hybridized carbons (Fsp3) is 0. The highest BCUT2D eigenvalue weighted by atomic mass is 16.1. The first-order valence-corrected chi connectivity index (χ1v) is 9.39. The average molecular weight is 375 g/mol. The van der Waals surface area contributed by atoms with Crippen LogP contribution in [-0.2, 0) is 0 Å². The van der Waals surface area contributed by atoms with E-state index in [-0.39, 0.29) is 5.56 Å². The van der Waals surface area contributed by atoms with Gasteiger partial charge in [-0.15, -0.1) is 0 Å². The van der Waals surface area contributed by atoms with Crippen LogP contribution >= 0.6 is 0 Å². The summed E-state index contributed by atoms with van der Waals surface area (Å²) in [6.07, 6.45) is 5.36. The summed E-state index contributed by atoms with van der Waals surface area (Å²) < 4.78 is 1.68. The predicted octanol–water partition coefficient (Wildman–Crippen LogP) is 5.11. The van der Waals surface area contributed by atoms with Crippen LogP contribution in [-0.4, -0.2) is 14.5 Å². The van der Waals surface area contributed by atoms with E-state index in [9.17, 15) is 4.79 Å². The fourth-order valence-electron chi connectivity index (χ4n) is 3.55. The number of hydrogen-bond donors (Lipinski definition) is 0. The van der Waals surface area contributed by atoms with Crippen molar-refractivity contribution in [3.8, 4) is 28.1 Å². The van der Waals surface area contributed by atoms with Crippen molar-refractivity contribution in [2.24, 2.45) is 0 Å². The Balaban J connectivity index is 1.84. The zero-order chi connectivity index (χ0) is 19.6. The van der Waals surface area contributed by atoms with E-state index in [1.54, 1.807) is 17.0 Å². The van der Waals surface area contributed by atoms with Crippen LogP contribution in [0.5, 0.6) is 0 Å². The third kappa shape index (κ3) is 3.11. The second-order valence-corrected chi connectivity index (χ2v) is 6.75. The maximum atomic E-state index is 13.5. The van der Waals surface area contributed by atoms with Gasteiger partial charge in [0.05, 0.1) is 16.8 Å². The van der Waals surface area contributed by atoms with E-state index < -0.39 is 0 Å². The van der Waals surface area contributed by atoms with Crippen LogP contribution in [0.2, 0.25) is 0 Å². The molecule has 3 heterocycles. The monoisotopic (exact) mass is 375 g/mol. The van der Waals surface area contributed by atoms with E-state index in [4.69, 9.17) is 0 Å². The Morgan fingerprint density at radius 2 is 1.48 bits per heavy atom. The summed E-state index contributed by atoms with van der Waals surface area (Å²) in [5, 5.41) is 0.999. The SMILES string of the molecule is O=c1c(-c2cccc3cccnc23)cc(-c2ccccn2)cn1-c1ccccc1. The number of para-hydroxylation sites is 2. The van der Waals surface area contributed by atoms with Gasteiger partial charge in [0.15, 0.2) is 0 Å². The van der Waals surface area contributed by atoms with Gasteiger partial charge in [-0.1, -0.05) is 48.5 Å². The molecule has 5 aromatic rings. The Bertz CT molecular complexity index is 1350. The first kappa shape index (κ1) is 17.1. The van der Waals surface area contributed by atoms with Gasteiger partial charge in [-0.2, -0.15) is 0 Å². The molecule has 0 aliphatic carbocycles. The van der Waals surface area contributed by atoms with Crippen LogP contribution in [0.15, 0.2) is 108 Å². The molecule has 5 rings (SSSR count). The van der Waals surface area contributed by atoms with Crippen molar-refractivity contribution >= 4 is 10.9 Å². The average Bonchev–Trinajstić information content (AvgIpc) is 2.80. The second kappa shape index (κ2) is 7.17. The van der Waals surface area contributed by atoms with Crippen molar-refractivity contribution in [2.45, 2.75) is 0 Å². The highest BCUT2D eigenvalue weighted by molar-refractivity contribution is 5.94. The van der Waals surface area contributed by atoms with Gasteiger partial charge in [0.25, 0.3) is 5.56 Å². The smallest absolute Gasteiger partial charge is 0.263 e. The van der Waals surface area contributed by atoms with E-state index >= 15 is 0 Å². The van der Waals surface area contributed by atoms with Gasteiger partial charge in [0.2, 0.25) is 0 Å². The first-order chi connectivity index (χ1) is 14.3. The molecule has 0 spiro atoms. The van der Waals surface area contributed by atoms with Crippen LogP contribution in [0.3, 0.4) is 0 Å². The van der Waals surface area contributed by atoms with Gasteiger partial charge in [0, 0.05) is 40.8 Å². The van der Waals surface area contributed by atoms with Crippen molar-refractivity contribution in [2.75, 3.05) is 0 Å². The van der Waals surface area contributed by atoms with Crippen LogP contribution < -0.4 is 5.56 Å². The molecule has 138 valence electrons. The molecule has 3 aromatic heterocycles. The lowest BCUT2D eigenvalue weighted by Gasteiger charge is -2.13. The zero-order valence-corrected chi connectivity index (χ0v) is 15.6. The van der Waals surface area contributed by atoms with Crippen molar-refractivity contribution in [1.29, 1.82) is 0 Å². The summed E-state index contributed by atoms with van der Waals surface area (Å²) in [7, 11) is 0. The summed E-state index contributed by atoms with van der Waals surface area (Å²) in [4.78, 5) is 22.5. The van der Waals surface area contributed by atoms with Gasteiger partial charge in [-0.25, -0.2) is 0 Å². The van der Waals surface area contributed by atoms with Crippen LogP contribution in [0, 0.1) is 0 Å². The van der Waals surface area contributed by atoms with Crippen LogP contribution in [0.25, 0.3) is 39.0 Å². The summed E-state index contributed by atoms with van der Waals surface area (Å²) >= 11 is 0. The lowest BCUT2D eigenvalue weighted by atomic mass is 10.0. The molecule has 0 saturated carbocycles. The largest absolute Gasteiger partial charge is 0.283 e.